The number of halogens is 1. The summed E-state index contributed by atoms with van der Waals surface area (Å²) in [5.41, 5.74) is 0.463. The maximum atomic E-state index is 8.92. The Labute approximate surface area is 132 Å². The first-order valence-electron chi connectivity index (χ1n) is 6.75. The Kier molecular flexibility index (Phi) is 4.02. The number of piperazine rings is 1. The second-order valence-electron chi connectivity index (χ2n) is 4.80. The highest BCUT2D eigenvalue weighted by Gasteiger charge is 2.19. The molecule has 3 rings (SSSR count). The van der Waals surface area contributed by atoms with Gasteiger partial charge >= 0.3 is 0 Å². The van der Waals surface area contributed by atoms with E-state index in [1.165, 1.54) is 0 Å². The van der Waals surface area contributed by atoms with Crippen LogP contribution < -0.4 is 9.80 Å². The Hall–Kier alpha value is -2.13. The normalized spacial score (nSPS) is 14.9. The van der Waals surface area contributed by atoms with E-state index in [1.54, 1.807) is 6.07 Å². The third-order valence-corrected chi connectivity index (χ3v) is 3.96. The Morgan fingerprint density at radius 3 is 2.33 bits per heavy atom. The lowest BCUT2D eigenvalue weighted by Gasteiger charge is -2.36. The van der Waals surface area contributed by atoms with E-state index >= 15 is 0 Å². The molecular weight excluding hydrogens is 330 g/mol. The monoisotopic (exact) mass is 343 g/mol. The zero-order chi connectivity index (χ0) is 14.7. The van der Waals surface area contributed by atoms with Gasteiger partial charge < -0.3 is 9.80 Å². The first-order chi connectivity index (χ1) is 10.3. The largest absolute Gasteiger partial charge is 0.353 e. The van der Waals surface area contributed by atoms with Gasteiger partial charge in [-0.15, -0.1) is 0 Å². The van der Waals surface area contributed by atoms with Gasteiger partial charge in [0.15, 0.2) is 0 Å². The molecule has 3 heterocycles. The molecule has 6 heteroatoms. The lowest BCUT2D eigenvalue weighted by atomic mass is 10.3. The smallest absolute Gasteiger partial charge is 0.142 e. The molecule has 1 aliphatic rings. The first kappa shape index (κ1) is 13.8. The quantitative estimate of drug-likeness (QED) is 0.838. The molecule has 0 N–H and O–H groups in total. The zero-order valence-corrected chi connectivity index (χ0v) is 13.0. The molecule has 1 saturated heterocycles. The van der Waals surface area contributed by atoms with Crippen LogP contribution in [0.25, 0.3) is 0 Å². The van der Waals surface area contributed by atoms with Crippen LogP contribution in [0.4, 0.5) is 11.6 Å². The Bertz CT molecular complexity index is 657. The minimum absolute atomic E-state index is 0.463. The third-order valence-electron chi connectivity index (χ3n) is 3.49. The Morgan fingerprint density at radius 2 is 1.71 bits per heavy atom. The second kappa shape index (κ2) is 6.10. The van der Waals surface area contributed by atoms with Gasteiger partial charge in [-0.1, -0.05) is 6.07 Å². The highest BCUT2D eigenvalue weighted by molar-refractivity contribution is 9.10. The predicted octanol–water partition coefficient (Wildman–Crippen LogP) is 2.44. The van der Waals surface area contributed by atoms with Crippen LogP contribution >= 0.6 is 15.9 Å². The molecule has 106 valence electrons. The SMILES string of the molecule is N#Cc1cccc(N2CCN(c3ccc(Br)cn3)CC2)n1. The van der Waals surface area contributed by atoms with Crippen molar-refractivity contribution in [1.29, 1.82) is 5.26 Å². The number of pyridine rings is 2. The van der Waals surface area contributed by atoms with Crippen molar-refractivity contribution < 1.29 is 0 Å². The van der Waals surface area contributed by atoms with Crippen LogP contribution in [-0.4, -0.2) is 36.1 Å². The van der Waals surface area contributed by atoms with Crippen molar-refractivity contribution in [3.8, 4) is 6.07 Å². The summed E-state index contributed by atoms with van der Waals surface area (Å²) in [6, 6.07) is 11.7. The molecule has 0 aliphatic carbocycles. The topological polar surface area (TPSA) is 56.1 Å². The van der Waals surface area contributed by atoms with Gasteiger partial charge in [-0.25, -0.2) is 9.97 Å². The number of hydrogen-bond donors (Lipinski definition) is 0. The van der Waals surface area contributed by atoms with Crippen molar-refractivity contribution in [2.45, 2.75) is 0 Å². The van der Waals surface area contributed by atoms with Crippen molar-refractivity contribution in [3.63, 3.8) is 0 Å². The molecule has 0 atom stereocenters. The molecule has 0 radical (unpaired) electrons. The van der Waals surface area contributed by atoms with Gasteiger partial charge in [0.25, 0.3) is 0 Å². The van der Waals surface area contributed by atoms with Gasteiger partial charge in [0.2, 0.25) is 0 Å². The third kappa shape index (κ3) is 3.14. The fourth-order valence-corrected chi connectivity index (χ4v) is 2.62. The molecular formula is C15H14BrN5. The molecule has 0 amide bonds. The van der Waals surface area contributed by atoms with E-state index in [-0.39, 0.29) is 0 Å². The molecule has 2 aromatic heterocycles. The molecule has 2 aromatic rings. The standard InChI is InChI=1S/C15H14BrN5/c16-12-4-5-14(18-11-12)20-6-8-21(9-7-20)15-3-1-2-13(10-17)19-15/h1-5,11H,6-9H2. The summed E-state index contributed by atoms with van der Waals surface area (Å²) >= 11 is 3.40. The summed E-state index contributed by atoms with van der Waals surface area (Å²) in [7, 11) is 0. The average Bonchev–Trinajstić information content (AvgIpc) is 2.56. The number of anilines is 2. The zero-order valence-electron chi connectivity index (χ0n) is 11.4. The highest BCUT2D eigenvalue weighted by atomic mass is 79.9. The summed E-state index contributed by atoms with van der Waals surface area (Å²) in [6.45, 7) is 3.54. The van der Waals surface area contributed by atoms with Crippen LogP contribution in [-0.2, 0) is 0 Å². The average molecular weight is 344 g/mol. The molecule has 0 bridgehead atoms. The summed E-state index contributed by atoms with van der Waals surface area (Å²) < 4.78 is 0.988. The Morgan fingerprint density at radius 1 is 1.00 bits per heavy atom. The number of nitriles is 1. The van der Waals surface area contributed by atoms with Crippen molar-refractivity contribution in [2.24, 2.45) is 0 Å². The maximum absolute atomic E-state index is 8.92. The van der Waals surface area contributed by atoms with E-state index in [1.807, 2.05) is 30.5 Å². The first-order valence-corrected chi connectivity index (χ1v) is 7.54. The van der Waals surface area contributed by atoms with Crippen molar-refractivity contribution in [3.05, 3.63) is 46.7 Å². The summed E-state index contributed by atoms with van der Waals surface area (Å²) in [4.78, 5) is 13.2. The highest BCUT2D eigenvalue weighted by Crippen LogP contribution is 2.19. The summed E-state index contributed by atoms with van der Waals surface area (Å²) in [5, 5.41) is 8.92. The van der Waals surface area contributed by atoms with E-state index < -0.39 is 0 Å². The molecule has 5 nitrogen and oxygen atoms in total. The van der Waals surface area contributed by atoms with Crippen LogP contribution in [0.1, 0.15) is 5.69 Å². The maximum Gasteiger partial charge on any atom is 0.142 e. The molecule has 0 aromatic carbocycles. The summed E-state index contributed by atoms with van der Waals surface area (Å²) in [5.74, 6) is 1.87. The van der Waals surface area contributed by atoms with Crippen LogP contribution in [0, 0.1) is 11.3 Å². The van der Waals surface area contributed by atoms with Crippen molar-refractivity contribution in [2.75, 3.05) is 36.0 Å². The minimum Gasteiger partial charge on any atom is -0.353 e. The molecule has 1 fully saturated rings. The molecule has 21 heavy (non-hydrogen) atoms. The molecule has 0 saturated carbocycles. The Balaban J connectivity index is 1.67. The number of aromatic nitrogens is 2. The molecule has 0 unspecified atom stereocenters. The van der Waals surface area contributed by atoms with Gasteiger partial charge in [-0.3, -0.25) is 0 Å². The van der Waals surface area contributed by atoms with E-state index in [0.29, 0.717) is 5.69 Å². The van der Waals surface area contributed by atoms with E-state index in [9.17, 15) is 0 Å². The predicted molar refractivity (Wildman–Crippen MR) is 85.3 cm³/mol. The van der Waals surface area contributed by atoms with Crippen molar-refractivity contribution >= 4 is 27.6 Å². The fourth-order valence-electron chi connectivity index (χ4n) is 2.38. The lowest BCUT2D eigenvalue weighted by Crippen LogP contribution is -2.47. The number of rotatable bonds is 2. The van der Waals surface area contributed by atoms with Crippen LogP contribution in [0.3, 0.4) is 0 Å². The minimum atomic E-state index is 0.463. The number of nitrogens with zero attached hydrogens (tertiary/aromatic N) is 5. The van der Waals surface area contributed by atoms with E-state index in [0.717, 1.165) is 42.3 Å². The second-order valence-corrected chi connectivity index (χ2v) is 5.72. The van der Waals surface area contributed by atoms with Gasteiger partial charge in [-0.2, -0.15) is 5.26 Å². The summed E-state index contributed by atoms with van der Waals surface area (Å²) in [6.07, 6.45) is 1.82. The van der Waals surface area contributed by atoms with Crippen LogP contribution in [0.2, 0.25) is 0 Å². The van der Waals surface area contributed by atoms with Crippen molar-refractivity contribution in [1.82, 2.24) is 9.97 Å². The number of hydrogen-bond acceptors (Lipinski definition) is 5. The van der Waals surface area contributed by atoms with E-state index in [4.69, 9.17) is 5.26 Å². The fraction of sp³-hybridized carbons (Fsp3) is 0.267. The van der Waals surface area contributed by atoms with Crippen LogP contribution in [0.15, 0.2) is 41.0 Å². The molecule has 1 aliphatic heterocycles. The van der Waals surface area contributed by atoms with Gasteiger partial charge in [0, 0.05) is 36.8 Å². The van der Waals surface area contributed by atoms with Gasteiger partial charge in [-0.05, 0) is 40.2 Å². The lowest BCUT2D eigenvalue weighted by molar-refractivity contribution is 0.641. The molecule has 0 spiro atoms. The van der Waals surface area contributed by atoms with E-state index in [2.05, 4.69) is 41.8 Å². The van der Waals surface area contributed by atoms with Crippen LogP contribution in [0.5, 0.6) is 0 Å². The van der Waals surface area contributed by atoms with Gasteiger partial charge in [0.1, 0.15) is 23.4 Å². The van der Waals surface area contributed by atoms with Gasteiger partial charge in [0.05, 0.1) is 0 Å².